The number of Topliss-reactive ketones (excluding diaryl/α,β-unsaturated/α-hetero) is 1. The lowest BCUT2D eigenvalue weighted by Gasteiger charge is -2.09. The third-order valence-corrected chi connectivity index (χ3v) is 5.77. The summed E-state index contributed by atoms with van der Waals surface area (Å²) in [6, 6.07) is 23.3. The van der Waals surface area contributed by atoms with Crippen LogP contribution in [0.15, 0.2) is 83.8 Å². The van der Waals surface area contributed by atoms with Gasteiger partial charge >= 0.3 is 0 Å². The molecule has 3 nitrogen and oxygen atoms in total. The van der Waals surface area contributed by atoms with Gasteiger partial charge in [0.25, 0.3) is 9.05 Å². The van der Waals surface area contributed by atoms with E-state index in [4.69, 9.17) is 10.7 Å². The van der Waals surface area contributed by atoms with Crippen LogP contribution in [-0.2, 0) is 9.05 Å². The van der Waals surface area contributed by atoms with Crippen molar-refractivity contribution in [2.75, 3.05) is 0 Å². The number of ketones is 1. The molecule has 0 spiro atoms. The van der Waals surface area contributed by atoms with Gasteiger partial charge in [-0.1, -0.05) is 66.7 Å². The van der Waals surface area contributed by atoms with Gasteiger partial charge in [0.15, 0.2) is 5.78 Å². The van der Waals surface area contributed by atoms with Crippen LogP contribution in [0.25, 0.3) is 11.1 Å². The lowest BCUT2D eigenvalue weighted by Crippen LogP contribution is -1.99. The molecule has 5 heteroatoms. The van der Waals surface area contributed by atoms with Gasteiger partial charge in [-0.3, -0.25) is 4.79 Å². The number of carbonyl (C=O) groups excluding carboxylic acids is 1. The molecule has 0 radical (unpaired) electrons. The van der Waals surface area contributed by atoms with E-state index in [0.29, 0.717) is 16.7 Å². The van der Waals surface area contributed by atoms with Gasteiger partial charge in [-0.2, -0.15) is 0 Å². The van der Waals surface area contributed by atoms with Crippen LogP contribution >= 0.6 is 10.7 Å². The maximum Gasteiger partial charge on any atom is 0.261 e. The highest BCUT2D eigenvalue weighted by Crippen LogP contribution is 2.42. The van der Waals surface area contributed by atoms with Crippen LogP contribution in [0.4, 0.5) is 0 Å². The van der Waals surface area contributed by atoms with Crippen molar-refractivity contribution >= 4 is 36.7 Å². The molecule has 128 valence electrons. The van der Waals surface area contributed by atoms with Gasteiger partial charge in [0.1, 0.15) is 0 Å². The van der Waals surface area contributed by atoms with E-state index in [-0.39, 0.29) is 10.7 Å². The third-order valence-electron chi connectivity index (χ3n) is 4.41. The van der Waals surface area contributed by atoms with E-state index in [2.05, 4.69) is 0 Å². The largest absolute Gasteiger partial charge is 0.289 e. The van der Waals surface area contributed by atoms with Gasteiger partial charge in [-0.05, 0) is 28.8 Å². The smallest absolute Gasteiger partial charge is 0.261 e. The Morgan fingerprint density at radius 2 is 1.15 bits per heavy atom. The van der Waals surface area contributed by atoms with Crippen molar-refractivity contribution in [3.05, 3.63) is 101 Å². The monoisotopic (exact) mass is 380 g/mol. The van der Waals surface area contributed by atoms with Crippen LogP contribution in [0.3, 0.4) is 0 Å². The Morgan fingerprint density at radius 1 is 0.615 bits per heavy atom. The zero-order valence-electron chi connectivity index (χ0n) is 13.5. The molecule has 3 aromatic carbocycles. The zero-order valence-corrected chi connectivity index (χ0v) is 15.1. The molecule has 0 heterocycles. The minimum Gasteiger partial charge on any atom is -0.289 e. The fraction of sp³-hybridized carbons (Fsp3) is 0. The molecule has 0 amide bonds. The Hall–Kier alpha value is -2.69. The number of rotatable bonds is 3. The summed E-state index contributed by atoms with van der Waals surface area (Å²) in [7, 11) is 1.59. The average molecular weight is 381 g/mol. The van der Waals surface area contributed by atoms with Gasteiger partial charge < -0.3 is 0 Å². The van der Waals surface area contributed by atoms with Crippen molar-refractivity contribution < 1.29 is 13.2 Å². The summed E-state index contributed by atoms with van der Waals surface area (Å²) in [5.41, 5.74) is 4.55. The van der Waals surface area contributed by atoms with Crippen molar-refractivity contribution in [2.45, 2.75) is 4.90 Å². The molecule has 0 fully saturated rings. The highest BCUT2D eigenvalue weighted by Gasteiger charge is 2.31. The molecular weight excluding hydrogens is 368 g/mol. The summed E-state index contributed by atoms with van der Waals surface area (Å²) in [4.78, 5) is 13.1. The Bertz CT molecular complexity index is 1150. The average Bonchev–Trinajstić information content (AvgIpc) is 2.95. The number of fused-ring (bicyclic) bond motifs is 1. The number of allylic oxidation sites excluding steroid dienone is 1. The molecule has 26 heavy (non-hydrogen) atoms. The first-order valence-corrected chi connectivity index (χ1v) is 10.3. The topological polar surface area (TPSA) is 51.2 Å². The first kappa shape index (κ1) is 16.8. The van der Waals surface area contributed by atoms with Crippen LogP contribution < -0.4 is 0 Å². The van der Waals surface area contributed by atoms with Crippen LogP contribution in [-0.4, -0.2) is 14.2 Å². The van der Waals surface area contributed by atoms with Crippen LogP contribution in [0.2, 0.25) is 0 Å². The van der Waals surface area contributed by atoms with E-state index in [1.54, 1.807) is 12.1 Å². The SMILES string of the molecule is O=C1C(c2ccc(S(=O)(=O)Cl)cc2)=C(c2ccccc2)c2ccccc21. The second-order valence-corrected chi connectivity index (χ2v) is 8.52. The van der Waals surface area contributed by atoms with E-state index in [9.17, 15) is 13.2 Å². The van der Waals surface area contributed by atoms with Crippen molar-refractivity contribution in [3.8, 4) is 0 Å². The second kappa shape index (κ2) is 6.24. The number of hydrogen-bond donors (Lipinski definition) is 0. The van der Waals surface area contributed by atoms with Crippen LogP contribution in [0.1, 0.15) is 27.0 Å². The number of hydrogen-bond acceptors (Lipinski definition) is 3. The fourth-order valence-corrected chi connectivity index (χ4v) is 4.02. The summed E-state index contributed by atoms with van der Waals surface area (Å²) >= 11 is 0. The highest BCUT2D eigenvalue weighted by molar-refractivity contribution is 8.13. The molecule has 0 unspecified atom stereocenters. The Kier molecular flexibility index (Phi) is 4.02. The minimum absolute atomic E-state index is 0.00716. The Balaban J connectivity index is 1.96. The molecule has 0 N–H and O–H groups in total. The van der Waals surface area contributed by atoms with Crippen molar-refractivity contribution in [3.63, 3.8) is 0 Å². The minimum atomic E-state index is -3.80. The Labute approximate surface area is 156 Å². The molecule has 0 aromatic heterocycles. The molecule has 4 rings (SSSR count). The van der Waals surface area contributed by atoms with Gasteiger partial charge in [0.05, 0.1) is 4.90 Å². The molecule has 0 atom stereocenters. The maximum atomic E-state index is 13.1. The Morgan fingerprint density at radius 3 is 1.77 bits per heavy atom. The maximum absolute atomic E-state index is 13.1. The lowest BCUT2D eigenvalue weighted by molar-refractivity contribution is 0.105. The van der Waals surface area contributed by atoms with E-state index < -0.39 is 9.05 Å². The summed E-state index contributed by atoms with van der Waals surface area (Å²) in [5.74, 6) is -0.0686. The van der Waals surface area contributed by atoms with Crippen LogP contribution in [0.5, 0.6) is 0 Å². The van der Waals surface area contributed by atoms with Crippen LogP contribution in [0, 0.1) is 0 Å². The van der Waals surface area contributed by atoms with Gasteiger partial charge in [0, 0.05) is 27.4 Å². The molecular formula is C21H13ClO3S. The first-order valence-electron chi connectivity index (χ1n) is 7.96. The van der Waals surface area contributed by atoms with Gasteiger partial charge in [0.2, 0.25) is 0 Å². The van der Waals surface area contributed by atoms with Crippen molar-refractivity contribution in [2.24, 2.45) is 0 Å². The molecule has 0 saturated heterocycles. The lowest BCUT2D eigenvalue weighted by atomic mass is 9.94. The molecule has 1 aliphatic carbocycles. The highest BCUT2D eigenvalue weighted by atomic mass is 35.7. The molecule has 0 aliphatic heterocycles. The number of halogens is 1. The fourth-order valence-electron chi connectivity index (χ4n) is 3.25. The van der Waals surface area contributed by atoms with Gasteiger partial charge in [-0.15, -0.1) is 0 Å². The van der Waals surface area contributed by atoms with Crippen molar-refractivity contribution in [1.29, 1.82) is 0 Å². The van der Waals surface area contributed by atoms with E-state index in [0.717, 1.165) is 16.7 Å². The third kappa shape index (κ3) is 2.77. The summed E-state index contributed by atoms with van der Waals surface area (Å²) < 4.78 is 23.0. The molecule has 0 saturated carbocycles. The molecule has 0 bridgehead atoms. The summed E-state index contributed by atoms with van der Waals surface area (Å²) in [6.45, 7) is 0. The summed E-state index contributed by atoms with van der Waals surface area (Å²) in [5, 5.41) is 0. The normalized spacial score (nSPS) is 13.8. The predicted molar refractivity (Wildman–Crippen MR) is 103 cm³/mol. The molecule has 3 aromatic rings. The quantitative estimate of drug-likeness (QED) is 0.615. The predicted octanol–water partition coefficient (Wildman–Crippen LogP) is 4.77. The van der Waals surface area contributed by atoms with Crippen molar-refractivity contribution in [1.82, 2.24) is 0 Å². The number of benzene rings is 3. The van der Waals surface area contributed by atoms with Gasteiger partial charge in [-0.25, -0.2) is 8.42 Å². The zero-order chi connectivity index (χ0) is 18.3. The summed E-state index contributed by atoms with van der Waals surface area (Å²) in [6.07, 6.45) is 0. The number of carbonyl (C=O) groups is 1. The first-order chi connectivity index (χ1) is 12.5. The van der Waals surface area contributed by atoms with E-state index in [1.165, 1.54) is 12.1 Å². The second-order valence-electron chi connectivity index (χ2n) is 5.95. The van der Waals surface area contributed by atoms with E-state index in [1.807, 2.05) is 54.6 Å². The molecule has 1 aliphatic rings. The standard InChI is InChI=1S/C21H13ClO3S/c22-26(24,25)16-12-10-15(11-13-16)20-19(14-6-2-1-3-7-14)17-8-4-5-9-18(17)21(20)23/h1-13H. The van der Waals surface area contributed by atoms with E-state index >= 15 is 0 Å².